The Morgan fingerprint density at radius 3 is 2.72 bits per heavy atom. The molecule has 2 rings (SSSR count). The highest BCUT2D eigenvalue weighted by atomic mass is 79.9. The molecule has 2 N–H and O–H groups in total. The van der Waals surface area contributed by atoms with Gasteiger partial charge < -0.3 is 10.6 Å². The molecule has 0 spiro atoms. The first-order valence-electron chi connectivity index (χ1n) is 6.88. The third-order valence-electron chi connectivity index (χ3n) is 4.05. The summed E-state index contributed by atoms with van der Waals surface area (Å²) >= 11 is 3.57. The van der Waals surface area contributed by atoms with Crippen LogP contribution in [0.5, 0.6) is 0 Å². The SMILES string of the molecule is CCC(N)Cc1cc(Br)ccc1N(C)C1CCC1. The van der Waals surface area contributed by atoms with Crippen molar-refractivity contribution in [3.8, 4) is 0 Å². The fourth-order valence-corrected chi connectivity index (χ4v) is 2.87. The van der Waals surface area contributed by atoms with E-state index in [2.05, 4.69) is 53.0 Å². The van der Waals surface area contributed by atoms with E-state index in [9.17, 15) is 0 Å². The third kappa shape index (κ3) is 3.07. The maximum absolute atomic E-state index is 6.11. The summed E-state index contributed by atoms with van der Waals surface area (Å²) < 4.78 is 1.14. The summed E-state index contributed by atoms with van der Waals surface area (Å²) in [5.41, 5.74) is 8.84. The van der Waals surface area contributed by atoms with Crippen molar-refractivity contribution in [3.05, 3.63) is 28.2 Å². The Hall–Kier alpha value is -0.540. The van der Waals surface area contributed by atoms with E-state index in [0.717, 1.165) is 23.4 Å². The van der Waals surface area contributed by atoms with Crippen molar-refractivity contribution in [1.29, 1.82) is 0 Å². The summed E-state index contributed by atoms with van der Waals surface area (Å²) in [6, 6.07) is 7.56. The van der Waals surface area contributed by atoms with Gasteiger partial charge in [-0.3, -0.25) is 0 Å². The molecule has 1 aliphatic carbocycles. The monoisotopic (exact) mass is 310 g/mol. The number of nitrogens with zero attached hydrogens (tertiary/aromatic N) is 1. The molecule has 0 bridgehead atoms. The average Bonchev–Trinajstić information content (AvgIpc) is 2.26. The van der Waals surface area contributed by atoms with Crippen LogP contribution in [0.3, 0.4) is 0 Å². The number of hydrogen-bond donors (Lipinski definition) is 1. The second kappa shape index (κ2) is 6.07. The second-order valence-corrected chi connectivity index (χ2v) is 6.26. The van der Waals surface area contributed by atoms with Gasteiger partial charge in [0.25, 0.3) is 0 Å². The van der Waals surface area contributed by atoms with E-state index in [0.29, 0.717) is 0 Å². The van der Waals surface area contributed by atoms with Gasteiger partial charge in [-0.15, -0.1) is 0 Å². The molecule has 0 radical (unpaired) electrons. The second-order valence-electron chi connectivity index (χ2n) is 5.34. The van der Waals surface area contributed by atoms with Gasteiger partial charge in [0.1, 0.15) is 0 Å². The number of hydrogen-bond acceptors (Lipinski definition) is 2. The third-order valence-corrected chi connectivity index (χ3v) is 4.54. The summed E-state index contributed by atoms with van der Waals surface area (Å²) in [7, 11) is 2.22. The molecule has 1 aliphatic rings. The standard InChI is InChI=1S/C15H23BrN2/c1-3-13(17)10-11-9-12(16)7-8-15(11)18(2)14-5-4-6-14/h7-9,13-14H,3-6,10,17H2,1-2H3. The van der Waals surface area contributed by atoms with Gasteiger partial charge in [-0.2, -0.15) is 0 Å². The molecule has 0 saturated heterocycles. The smallest absolute Gasteiger partial charge is 0.0400 e. The quantitative estimate of drug-likeness (QED) is 0.898. The Labute approximate surface area is 119 Å². The lowest BCUT2D eigenvalue weighted by atomic mass is 9.90. The molecule has 2 nitrogen and oxygen atoms in total. The fourth-order valence-electron chi connectivity index (χ4n) is 2.46. The topological polar surface area (TPSA) is 29.3 Å². The highest BCUT2D eigenvalue weighted by molar-refractivity contribution is 9.10. The highest BCUT2D eigenvalue weighted by Crippen LogP contribution is 2.32. The van der Waals surface area contributed by atoms with Crippen LogP contribution >= 0.6 is 15.9 Å². The predicted molar refractivity (Wildman–Crippen MR) is 82.2 cm³/mol. The summed E-state index contributed by atoms with van der Waals surface area (Å²) in [5.74, 6) is 0. The number of nitrogens with two attached hydrogens (primary N) is 1. The maximum atomic E-state index is 6.11. The zero-order chi connectivity index (χ0) is 13.1. The number of benzene rings is 1. The number of anilines is 1. The van der Waals surface area contributed by atoms with Crippen LogP contribution < -0.4 is 10.6 Å². The molecule has 1 aromatic carbocycles. The summed E-state index contributed by atoms with van der Waals surface area (Å²) in [6.07, 6.45) is 6.01. The molecular weight excluding hydrogens is 288 g/mol. The zero-order valence-electron chi connectivity index (χ0n) is 11.3. The minimum absolute atomic E-state index is 0.257. The van der Waals surface area contributed by atoms with Gasteiger partial charge in [0.15, 0.2) is 0 Å². The van der Waals surface area contributed by atoms with E-state index >= 15 is 0 Å². The van der Waals surface area contributed by atoms with Gasteiger partial charge in [-0.25, -0.2) is 0 Å². The summed E-state index contributed by atoms with van der Waals surface area (Å²) in [5, 5.41) is 0. The largest absolute Gasteiger partial charge is 0.371 e. The van der Waals surface area contributed by atoms with Gasteiger partial charge in [0.2, 0.25) is 0 Å². The molecule has 0 heterocycles. The molecular formula is C15H23BrN2. The van der Waals surface area contributed by atoms with Crippen molar-refractivity contribution in [2.75, 3.05) is 11.9 Å². The van der Waals surface area contributed by atoms with Gasteiger partial charge >= 0.3 is 0 Å². The molecule has 0 aliphatic heterocycles. The molecule has 1 fully saturated rings. The lowest BCUT2D eigenvalue weighted by Crippen LogP contribution is -2.38. The minimum Gasteiger partial charge on any atom is -0.371 e. The molecule has 1 atom stereocenters. The van der Waals surface area contributed by atoms with Gasteiger partial charge in [-0.05, 0) is 55.9 Å². The van der Waals surface area contributed by atoms with E-state index < -0.39 is 0 Å². The normalized spacial score (nSPS) is 17.3. The van der Waals surface area contributed by atoms with E-state index in [1.54, 1.807) is 0 Å². The van der Waals surface area contributed by atoms with Gasteiger partial charge in [0.05, 0.1) is 0 Å². The van der Waals surface area contributed by atoms with E-state index in [4.69, 9.17) is 5.73 Å². The van der Waals surface area contributed by atoms with E-state index in [1.165, 1.54) is 30.5 Å². The van der Waals surface area contributed by atoms with Crippen LogP contribution in [0.2, 0.25) is 0 Å². The zero-order valence-corrected chi connectivity index (χ0v) is 12.9. The van der Waals surface area contributed by atoms with Crippen molar-refractivity contribution in [2.45, 2.75) is 51.1 Å². The first-order valence-corrected chi connectivity index (χ1v) is 7.68. The van der Waals surface area contributed by atoms with Crippen molar-refractivity contribution in [3.63, 3.8) is 0 Å². The maximum Gasteiger partial charge on any atom is 0.0400 e. The molecule has 100 valence electrons. The Bertz CT molecular complexity index is 401. The van der Waals surface area contributed by atoms with Crippen molar-refractivity contribution >= 4 is 21.6 Å². The first-order chi connectivity index (χ1) is 8.61. The molecule has 0 amide bonds. The lowest BCUT2D eigenvalue weighted by molar-refractivity contribution is 0.400. The van der Waals surface area contributed by atoms with Crippen LogP contribution in [0.4, 0.5) is 5.69 Å². The molecule has 18 heavy (non-hydrogen) atoms. The van der Waals surface area contributed by atoms with Gasteiger partial charge in [-0.1, -0.05) is 22.9 Å². The van der Waals surface area contributed by atoms with Crippen molar-refractivity contribution in [1.82, 2.24) is 0 Å². The lowest BCUT2D eigenvalue weighted by Gasteiger charge is -2.37. The molecule has 1 unspecified atom stereocenters. The predicted octanol–water partition coefficient (Wildman–Crippen LogP) is 3.72. The Morgan fingerprint density at radius 1 is 1.44 bits per heavy atom. The minimum atomic E-state index is 0.257. The molecule has 1 saturated carbocycles. The molecule has 3 heteroatoms. The Kier molecular flexibility index (Phi) is 4.68. The van der Waals surface area contributed by atoms with Crippen LogP contribution in [-0.4, -0.2) is 19.1 Å². The van der Waals surface area contributed by atoms with Crippen LogP contribution in [0.25, 0.3) is 0 Å². The van der Waals surface area contributed by atoms with Crippen LogP contribution in [0.15, 0.2) is 22.7 Å². The summed E-state index contributed by atoms with van der Waals surface area (Å²) in [6.45, 7) is 2.15. The Balaban J connectivity index is 2.21. The van der Waals surface area contributed by atoms with Crippen LogP contribution in [0, 0.1) is 0 Å². The average molecular weight is 311 g/mol. The molecule has 0 aromatic heterocycles. The van der Waals surface area contributed by atoms with Crippen LogP contribution in [0.1, 0.15) is 38.2 Å². The number of halogens is 1. The number of rotatable bonds is 5. The van der Waals surface area contributed by atoms with Crippen LogP contribution in [-0.2, 0) is 6.42 Å². The highest BCUT2D eigenvalue weighted by Gasteiger charge is 2.24. The Morgan fingerprint density at radius 2 is 2.17 bits per heavy atom. The van der Waals surface area contributed by atoms with Crippen molar-refractivity contribution in [2.24, 2.45) is 5.73 Å². The first kappa shape index (κ1) is 13.9. The van der Waals surface area contributed by atoms with E-state index in [-0.39, 0.29) is 6.04 Å². The summed E-state index contributed by atoms with van der Waals surface area (Å²) in [4.78, 5) is 2.44. The van der Waals surface area contributed by atoms with E-state index in [1.807, 2.05) is 0 Å². The molecule has 1 aromatic rings. The fraction of sp³-hybridized carbons (Fsp3) is 0.600. The van der Waals surface area contributed by atoms with Crippen molar-refractivity contribution < 1.29 is 0 Å². The van der Waals surface area contributed by atoms with Gasteiger partial charge in [0, 0.05) is 29.3 Å².